The van der Waals surface area contributed by atoms with Crippen LogP contribution in [0.2, 0.25) is 0 Å². The molecule has 2 heterocycles. The van der Waals surface area contributed by atoms with Crippen molar-refractivity contribution in [3.05, 3.63) is 52.3 Å². The van der Waals surface area contributed by atoms with E-state index in [1.54, 1.807) is 23.9 Å². The molecule has 0 fully saturated rings. The van der Waals surface area contributed by atoms with Crippen molar-refractivity contribution >= 4 is 21.4 Å². The van der Waals surface area contributed by atoms with Gasteiger partial charge in [0.05, 0.1) is 23.4 Å². The van der Waals surface area contributed by atoms with Gasteiger partial charge in [0.25, 0.3) is 0 Å². The van der Waals surface area contributed by atoms with E-state index in [1.165, 1.54) is 17.4 Å². The minimum Gasteiger partial charge on any atom is -0.496 e. The number of benzene rings is 1. The molecule has 0 atom stereocenters. The van der Waals surface area contributed by atoms with Crippen molar-refractivity contribution in [2.75, 3.05) is 13.7 Å². The van der Waals surface area contributed by atoms with Crippen LogP contribution in [0.1, 0.15) is 22.6 Å². The van der Waals surface area contributed by atoms with Crippen LogP contribution in [0.5, 0.6) is 5.75 Å². The standard InChI is InChI=1S/C18H22N4O3S2/c1-12-9-16(5-6-17(12)25-4)27(23,24)19-8-7-15-11-26-18(20-15)22-14(3)10-13(2)21-22/h5-6,9-11,19H,7-8H2,1-4H3. The van der Waals surface area contributed by atoms with Gasteiger partial charge in [-0.3, -0.25) is 0 Å². The minimum absolute atomic E-state index is 0.224. The summed E-state index contributed by atoms with van der Waals surface area (Å²) in [6.45, 7) is 6.00. The van der Waals surface area contributed by atoms with Crippen LogP contribution >= 0.6 is 11.3 Å². The Kier molecular flexibility index (Phi) is 5.64. The molecule has 3 aromatic rings. The molecule has 7 nitrogen and oxygen atoms in total. The number of aromatic nitrogens is 3. The lowest BCUT2D eigenvalue weighted by Gasteiger charge is -2.09. The summed E-state index contributed by atoms with van der Waals surface area (Å²) in [5.41, 5.74) is 3.56. The average molecular weight is 407 g/mol. The fraction of sp³-hybridized carbons (Fsp3) is 0.333. The first-order valence-electron chi connectivity index (χ1n) is 8.42. The topological polar surface area (TPSA) is 86.1 Å². The number of ether oxygens (including phenoxy) is 1. The molecule has 0 bridgehead atoms. The van der Waals surface area contributed by atoms with E-state index in [9.17, 15) is 8.42 Å². The number of hydrogen-bond donors (Lipinski definition) is 1. The van der Waals surface area contributed by atoms with E-state index in [2.05, 4.69) is 14.8 Å². The summed E-state index contributed by atoms with van der Waals surface area (Å²) in [4.78, 5) is 4.78. The van der Waals surface area contributed by atoms with Crippen molar-refractivity contribution in [3.63, 3.8) is 0 Å². The second-order valence-electron chi connectivity index (χ2n) is 6.24. The van der Waals surface area contributed by atoms with Gasteiger partial charge in [-0.25, -0.2) is 22.8 Å². The van der Waals surface area contributed by atoms with Crippen molar-refractivity contribution in [2.24, 2.45) is 0 Å². The molecule has 1 aromatic carbocycles. The predicted molar refractivity (Wildman–Crippen MR) is 105 cm³/mol. The first kappa shape index (κ1) is 19.5. The fourth-order valence-corrected chi connectivity index (χ4v) is 4.73. The quantitative estimate of drug-likeness (QED) is 0.652. The van der Waals surface area contributed by atoms with E-state index in [1.807, 2.05) is 32.2 Å². The lowest BCUT2D eigenvalue weighted by molar-refractivity contribution is 0.411. The minimum atomic E-state index is -3.57. The van der Waals surface area contributed by atoms with E-state index in [0.717, 1.165) is 27.8 Å². The van der Waals surface area contributed by atoms with Crippen molar-refractivity contribution in [1.29, 1.82) is 0 Å². The summed E-state index contributed by atoms with van der Waals surface area (Å²) in [5, 5.41) is 7.13. The molecule has 0 radical (unpaired) electrons. The molecule has 0 aliphatic carbocycles. The molecule has 0 saturated heterocycles. The van der Waals surface area contributed by atoms with Gasteiger partial charge in [0.2, 0.25) is 15.2 Å². The second-order valence-corrected chi connectivity index (χ2v) is 8.84. The molecular formula is C18H22N4O3S2. The average Bonchev–Trinajstić information content (AvgIpc) is 3.20. The van der Waals surface area contributed by atoms with Gasteiger partial charge in [-0.15, -0.1) is 11.3 Å². The maximum atomic E-state index is 12.5. The zero-order chi connectivity index (χ0) is 19.6. The maximum absolute atomic E-state index is 12.5. The Hall–Kier alpha value is -2.23. The van der Waals surface area contributed by atoms with Gasteiger partial charge in [0.1, 0.15) is 5.75 Å². The first-order valence-corrected chi connectivity index (χ1v) is 10.8. The van der Waals surface area contributed by atoms with E-state index in [4.69, 9.17) is 4.74 Å². The van der Waals surface area contributed by atoms with Crippen LogP contribution in [-0.4, -0.2) is 36.8 Å². The molecule has 144 valence electrons. The van der Waals surface area contributed by atoms with E-state index >= 15 is 0 Å². The summed E-state index contributed by atoms with van der Waals surface area (Å²) in [5.74, 6) is 0.660. The van der Waals surface area contributed by atoms with Crippen LogP contribution in [0.15, 0.2) is 34.5 Å². The summed E-state index contributed by atoms with van der Waals surface area (Å²) in [6.07, 6.45) is 0.504. The fourth-order valence-electron chi connectivity index (χ4n) is 2.75. The first-order chi connectivity index (χ1) is 12.8. The van der Waals surface area contributed by atoms with E-state index < -0.39 is 10.0 Å². The van der Waals surface area contributed by atoms with Crippen molar-refractivity contribution in [2.45, 2.75) is 32.1 Å². The maximum Gasteiger partial charge on any atom is 0.240 e. The second kappa shape index (κ2) is 7.79. The van der Waals surface area contributed by atoms with Crippen LogP contribution in [0.25, 0.3) is 5.13 Å². The van der Waals surface area contributed by atoms with Gasteiger partial charge in [0.15, 0.2) is 0 Å². The Morgan fingerprint density at radius 1 is 1.22 bits per heavy atom. The highest BCUT2D eigenvalue weighted by Gasteiger charge is 2.15. The Bertz CT molecular complexity index is 1050. The van der Waals surface area contributed by atoms with Crippen LogP contribution in [0.4, 0.5) is 0 Å². The van der Waals surface area contributed by atoms with Gasteiger partial charge in [-0.1, -0.05) is 0 Å². The Morgan fingerprint density at radius 3 is 2.63 bits per heavy atom. The molecule has 0 amide bonds. The van der Waals surface area contributed by atoms with Gasteiger partial charge in [0, 0.05) is 24.0 Å². The summed E-state index contributed by atoms with van der Waals surface area (Å²) in [7, 11) is -2.02. The Labute approximate surface area is 163 Å². The molecular weight excluding hydrogens is 384 g/mol. The highest BCUT2D eigenvalue weighted by Crippen LogP contribution is 2.21. The zero-order valence-electron chi connectivity index (χ0n) is 15.7. The third-order valence-corrected chi connectivity index (χ3v) is 6.40. The third kappa shape index (κ3) is 4.37. The van der Waals surface area contributed by atoms with Crippen LogP contribution in [0.3, 0.4) is 0 Å². The normalized spacial score (nSPS) is 11.7. The molecule has 27 heavy (non-hydrogen) atoms. The van der Waals surface area contributed by atoms with Gasteiger partial charge >= 0.3 is 0 Å². The number of thiazole rings is 1. The number of methoxy groups -OCH3 is 1. The molecule has 3 rings (SSSR count). The SMILES string of the molecule is COc1ccc(S(=O)(=O)NCCc2csc(-n3nc(C)cc3C)n2)cc1C. The largest absolute Gasteiger partial charge is 0.496 e. The monoisotopic (exact) mass is 406 g/mol. The lowest BCUT2D eigenvalue weighted by Crippen LogP contribution is -2.26. The number of hydrogen-bond acceptors (Lipinski definition) is 6. The highest BCUT2D eigenvalue weighted by atomic mass is 32.2. The number of rotatable bonds is 7. The predicted octanol–water partition coefficient (Wildman–Crippen LogP) is 2.78. The van der Waals surface area contributed by atoms with Crippen LogP contribution < -0.4 is 9.46 Å². The molecule has 9 heteroatoms. The smallest absolute Gasteiger partial charge is 0.240 e. The van der Waals surface area contributed by atoms with Crippen molar-refractivity contribution in [1.82, 2.24) is 19.5 Å². The van der Waals surface area contributed by atoms with E-state index in [-0.39, 0.29) is 11.4 Å². The van der Waals surface area contributed by atoms with Gasteiger partial charge in [-0.05, 0) is 50.6 Å². The van der Waals surface area contributed by atoms with E-state index in [0.29, 0.717) is 12.2 Å². The van der Waals surface area contributed by atoms with Crippen LogP contribution in [0, 0.1) is 20.8 Å². The zero-order valence-corrected chi connectivity index (χ0v) is 17.3. The van der Waals surface area contributed by atoms with Crippen molar-refractivity contribution in [3.8, 4) is 10.9 Å². The van der Waals surface area contributed by atoms with Gasteiger partial charge in [-0.2, -0.15) is 5.10 Å². The third-order valence-electron chi connectivity index (χ3n) is 4.08. The van der Waals surface area contributed by atoms with Crippen LogP contribution in [-0.2, 0) is 16.4 Å². The number of aryl methyl sites for hydroxylation is 3. The number of nitrogens with zero attached hydrogens (tertiary/aromatic N) is 3. The molecule has 0 spiro atoms. The summed E-state index contributed by atoms with van der Waals surface area (Å²) < 4.78 is 34.5. The molecule has 0 saturated carbocycles. The van der Waals surface area contributed by atoms with Crippen molar-refractivity contribution < 1.29 is 13.2 Å². The highest BCUT2D eigenvalue weighted by molar-refractivity contribution is 7.89. The Morgan fingerprint density at radius 2 is 2.00 bits per heavy atom. The Balaban J connectivity index is 1.64. The summed E-state index contributed by atoms with van der Waals surface area (Å²) in [6, 6.07) is 6.79. The molecule has 1 N–H and O–H groups in total. The number of sulfonamides is 1. The lowest BCUT2D eigenvalue weighted by atomic mass is 10.2. The molecule has 0 aliphatic rings. The molecule has 0 aliphatic heterocycles. The van der Waals surface area contributed by atoms with Gasteiger partial charge < -0.3 is 4.74 Å². The summed E-state index contributed by atoms with van der Waals surface area (Å²) >= 11 is 1.49. The molecule has 2 aromatic heterocycles. The molecule has 0 unspecified atom stereocenters. The number of nitrogens with one attached hydrogen (secondary N) is 1.